The number of carbonyl (C=O) groups excluding carboxylic acids is 2. The molecule has 0 aromatic heterocycles. The zero-order chi connectivity index (χ0) is 10.6. The second-order valence-corrected chi connectivity index (χ2v) is 3.65. The molecule has 14 heavy (non-hydrogen) atoms. The molecule has 0 aromatic rings. The molecule has 0 aliphatic heterocycles. The molecule has 4 nitrogen and oxygen atoms in total. The van der Waals surface area contributed by atoms with Gasteiger partial charge in [0.05, 0.1) is 11.4 Å². The van der Waals surface area contributed by atoms with E-state index < -0.39 is 0 Å². The number of isocyanates is 2. The van der Waals surface area contributed by atoms with Gasteiger partial charge in [-0.2, -0.15) is 9.98 Å². The van der Waals surface area contributed by atoms with Crippen molar-refractivity contribution in [2.45, 2.75) is 20.3 Å². The first kappa shape index (κ1) is 10.3. The standard InChI is InChI=1S/C10H10N2O2/c1-10(2)4-3-8(11-6-13)5-9(10)12-7-14/h3,5H,4H2,1-2H3. The molecule has 0 radical (unpaired) electrons. The van der Waals surface area contributed by atoms with E-state index in [-0.39, 0.29) is 5.41 Å². The molecule has 0 saturated carbocycles. The topological polar surface area (TPSA) is 58.9 Å². The van der Waals surface area contributed by atoms with Gasteiger partial charge in [0.15, 0.2) is 0 Å². The van der Waals surface area contributed by atoms with E-state index in [2.05, 4.69) is 9.98 Å². The van der Waals surface area contributed by atoms with Crippen molar-refractivity contribution in [3.8, 4) is 0 Å². The highest BCUT2D eigenvalue weighted by Gasteiger charge is 2.25. The summed E-state index contributed by atoms with van der Waals surface area (Å²) in [6.45, 7) is 3.91. The highest BCUT2D eigenvalue weighted by Crippen LogP contribution is 2.36. The van der Waals surface area contributed by atoms with Gasteiger partial charge in [-0.15, -0.1) is 0 Å². The largest absolute Gasteiger partial charge is 0.240 e. The SMILES string of the molecule is CC1(C)CC=C(N=C=O)C=C1N=C=O. The van der Waals surface area contributed by atoms with Crippen LogP contribution in [0.25, 0.3) is 0 Å². The van der Waals surface area contributed by atoms with Crippen LogP contribution in [-0.2, 0) is 9.59 Å². The van der Waals surface area contributed by atoms with Crippen LogP contribution in [0.5, 0.6) is 0 Å². The van der Waals surface area contributed by atoms with E-state index in [9.17, 15) is 9.59 Å². The summed E-state index contributed by atoms with van der Waals surface area (Å²) in [5, 5.41) is 0. The van der Waals surface area contributed by atoms with Gasteiger partial charge in [-0.05, 0) is 12.5 Å². The van der Waals surface area contributed by atoms with Crippen LogP contribution in [0.1, 0.15) is 20.3 Å². The van der Waals surface area contributed by atoms with Crippen molar-refractivity contribution in [1.29, 1.82) is 0 Å². The molecule has 72 valence electrons. The smallest absolute Gasteiger partial charge is 0.211 e. The van der Waals surface area contributed by atoms with Crippen LogP contribution in [0.3, 0.4) is 0 Å². The summed E-state index contributed by atoms with van der Waals surface area (Å²) in [6, 6.07) is 0. The van der Waals surface area contributed by atoms with Crippen molar-refractivity contribution < 1.29 is 9.59 Å². The number of aliphatic imine (C=N–C) groups is 2. The van der Waals surface area contributed by atoms with Crippen molar-refractivity contribution in [3.05, 3.63) is 23.5 Å². The quantitative estimate of drug-likeness (QED) is 0.493. The van der Waals surface area contributed by atoms with Crippen LogP contribution in [0, 0.1) is 5.41 Å². The van der Waals surface area contributed by atoms with Gasteiger partial charge in [-0.25, -0.2) is 9.59 Å². The second-order valence-electron chi connectivity index (χ2n) is 3.65. The average Bonchev–Trinajstić information content (AvgIpc) is 2.12. The lowest BCUT2D eigenvalue weighted by Crippen LogP contribution is -2.15. The Kier molecular flexibility index (Phi) is 2.92. The summed E-state index contributed by atoms with van der Waals surface area (Å²) >= 11 is 0. The average molecular weight is 190 g/mol. The van der Waals surface area contributed by atoms with Gasteiger partial charge in [-0.3, -0.25) is 0 Å². The van der Waals surface area contributed by atoms with Crippen LogP contribution in [0.15, 0.2) is 33.5 Å². The van der Waals surface area contributed by atoms with Crippen molar-refractivity contribution in [1.82, 2.24) is 0 Å². The molecule has 4 heteroatoms. The summed E-state index contributed by atoms with van der Waals surface area (Å²) in [5.74, 6) is 0. The molecule has 0 bridgehead atoms. The molecule has 1 aliphatic carbocycles. The molecule has 0 fully saturated rings. The first-order chi connectivity index (χ1) is 6.60. The van der Waals surface area contributed by atoms with Crippen LogP contribution in [0.2, 0.25) is 0 Å². The predicted molar refractivity (Wildman–Crippen MR) is 50.8 cm³/mol. The Bertz CT molecular complexity index is 392. The lowest BCUT2D eigenvalue weighted by Gasteiger charge is -2.25. The number of nitrogens with zero attached hydrogens (tertiary/aromatic N) is 2. The highest BCUT2D eigenvalue weighted by atomic mass is 16.1. The first-order valence-corrected chi connectivity index (χ1v) is 4.18. The van der Waals surface area contributed by atoms with Crippen LogP contribution >= 0.6 is 0 Å². The van der Waals surface area contributed by atoms with E-state index in [0.29, 0.717) is 17.8 Å². The first-order valence-electron chi connectivity index (χ1n) is 4.18. The zero-order valence-corrected chi connectivity index (χ0v) is 8.07. The van der Waals surface area contributed by atoms with Gasteiger partial charge in [-0.1, -0.05) is 19.9 Å². The normalized spacial score (nSPS) is 18.4. The molecule has 0 amide bonds. The maximum atomic E-state index is 10.2. The fourth-order valence-corrected chi connectivity index (χ4v) is 1.22. The molecule has 1 rings (SSSR count). The molecule has 1 aliphatic rings. The van der Waals surface area contributed by atoms with E-state index in [0.717, 1.165) is 0 Å². The Labute approximate surface area is 81.8 Å². The van der Waals surface area contributed by atoms with E-state index >= 15 is 0 Å². The summed E-state index contributed by atoms with van der Waals surface area (Å²) in [5.41, 5.74) is 0.872. The van der Waals surface area contributed by atoms with Crippen molar-refractivity contribution in [2.75, 3.05) is 0 Å². The second kappa shape index (κ2) is 3.97. The molecule has 0 atom stereocenters. The van der Waals surface area contributed by atoms with Crippen molar-refractivity contribution in [2.24, 2.45) is 15.4 Å². The Morgan fingerprint density at radius 3 is 2.50 bits per heavy atom. The van der Waals surface area contributed by atoms with Crippen LogP contribution < -0.4 is 0 Å². The van der Waals surface area contributed by atoms with Gasteiger partial charge < -0.3 is 0 Å². The van der Waals surface area contributed by atoms with Gasteiger partial charge in [0.1, 0.15) is 0 Å². The zero-order valence-electron chi connectivity index (χ0n) is 8.07. The summed E-state index contributed by atoms with van der Waals surface area (Å²) in [6.07, 6.45) is 7.04. The monoisotopic (exact) mass is 190 g/mol. The summed E-state index contributed by atoms with van der Waals surface area (Å²) in [7, 11) is 0. The molecular formula is C10H10N2O2. The third-order valence-corrected chi connectivity index (χ3v) is 2.14. The predicted octanol–water partition coefficient (Wildman–Crippen LogP) is 1.86. The lowest BCUT2D eigenvalue weighted by molar-refractivity contribution is 0.439. The Hall–Kier alpha value is -1.76. The Morgan fingerprint density at radius 2 is 1.93 bits per heavy atom. The highest BCUT2D eigenvalue weighted by molar-refractivity contribution is 5.45. The molecule has 0 heterocycles. The fraction of sp³-hybridized carbons (Fsp3) is 0.400. The Morgan fingerprint density at radius 1 is 1.29 bits per heavy atom. The molecule has 0 N–H and O–H groups in total. The minimum absolute atomic E-state index is 0.209. The molecule has 0 aromatic carbocycles. The molecule has 0 saturated heterocycles. The van der Waals surface area contributed by atoms with E-state index in [1.807, 2.05) is 19.9 Å². The lowest BCUT2D eigenvalue weighted by atomic mass is 9.82. The van der Waals surface area contributed by atoms with Gasteiger partial charge in [0.25, 0.3) is 0 Å². The number of hydrogen-bond donors (Lipinski definition) is 0. The molecule has 0 unspecified atom stereocenters. The number of rotatable bonds is 2. The van der Waals surface area contributed by atoms with E-state index in [4.69, 9.17) is 0 Å². The van der Waals surface area contributed by atoms with E-state index in [1.165, 1.54) is 12.2 Å². The van der Waals surface area contributed by atoms with Crippen molar-refractivity contribution >= 4 is 12.2 Å². The number of hydrogen-bond acceptors (Lipinski definition) is 4. The minimum Gasteiger partial charge on any atom is -0.211 e. The van der Waals surface area contributed by atoms with Gasteiger partial charge in [0, 0.05) is 5.41 Å². The maximum Gasteiger partial charge on any atom is 0.240 e. The van der Waals surface area contributed by atoms with Crippen LogP contribution in [-0.4, -0.2) is 12.2 Å². The minimum atomic E-state index is -0.209. The molecular weight excluding hydrogens is 180 g/mol. The summed E-state index contributed by atoms with van der Waals surface area (Å²) in [4.78, 5) is 27.3. The van der Waals surface area contributed by atoms with Crippen LogP contribution in [0.4, 0.5) is 0 Å². The fourth-order valence-electron chi connectivity index (χ4n) is 1.22. The Balaban J connectivity index is 3.10. The maximum absolute atomic E-state index is 10.2. The third kappa shape index (κ3) is 2.13. The number of allylic oxidation sites excluding steroid dienone is 3. The third-order valence-electron chi connectivity index (χ3n) is 2.14. The molecule has 0 spiro atoms. The van der Waals surface area contributed by atoms with Crippen molar-refractivity contribution in [3.63, 3.8) is 0 Å². The summed E-state index contributed by atoms with van der Waals surface area (Å²) < 4.78 is 0. The van der Waals surface area contributed by atoms with Gasteiger partial charge in [0.2, 0.25) is 12.2 Å². The van der Waals surface area contributed by atoms with Gasteiger partial charge >= 0.3 is 0 Å². The van der Waals surface area contributed by atoms with E-state index in [1.54, 1.807) is 6.08 Å².